The second kappa shape index (κ2) is 74.2. The lowest BCUT2D eigenvalue weighted by molar-refractivity contribution is -0.161. The van der Waals surface area contributed by atoms with Crippen LogP contribution < -0.4 is 0 Å². The van der Waals surface area contributed by atoms with Gasteiger partial charge in [-0.1, -0.05) is 289 Å². The second-order valence-electron chi connectivity index (χ2n) is 25.5. The predicted octanol–water partition coefficient (Wildman–Crippen LogP) is 22.7. The Hall–Kier alpha value is -5.06. The number of phosphoric acid groups is 2. The van der Waals surface area contributed by atoms with E-state index in [2.05, 4.69) is 143 Å². The van der Waals surface area contributed by atoms with Gasteiger partial charge in [0, 0.05) is 25.7 Å². The molecule has 0 aromatic rings. The first-order valence-corrected chi connectivity index (χ1v) is 42.1. The van der Waals surface area contributed by atoms with Crippen LogP contribution in [-0.2, 0) is 65.4 Å². The molecule has 0 heterocycles. The summed E-state index contributed by atoms with van der Waals surface area (Å²) >= 11 is 0. The van der Waals surface area contributed by atoms with Crippen molar-refractivity contribution in [2.24, 2.45) is 0 Å². The molecule has 0 aliphatic carbocycles. The molecule has 0 bridgehead atoms. The molecule has 3 N–H and O–H groups in total. The predicted molar refractivity (Wildman–Crippen MR) is 417 cm³/mol. The molecular weight excluding hydrogens is 1330 g/mol. The monoisotopic (exact) mass is 1470 g/mol. The highest BCUT2D eigenvalue weighted by atomic mass is 31.2. The van der Waals surface area contributed by atoms with Gasteiger partial charge in [0.1, 0.15) is 19.3 Å². The zero-order valence-corrected chi connectivity index (χ0v) is 65.3. The summed E-state index contributed by atoms with van der Waals surface area (Å²) in [4.78, 5) is 72.9. The van der Waals surface area contributed by atoms with E-state index in [9.17, 15) is 43.2 Å². The van der Waals surface area contributed by atoms with Crippen molar-refractivity contribution in [1.82, 2.24) is 0 Å². The maximum Gasteiger partial charge on any atom is 0.472 e. The van der Waals surface area contributed by atoms with Crippen molar-refractivity contribution in [3.8, 4) is 0 Å². The van der Waals surface area contributed by atoms with E-state index in [0.717, 1.165) is 128 Å². The van der Waals surface area contributed by atoms with Crippen LogP contribution in [0.2, 0.25) is 0 Å². The van der Waals surface area contributed by atoms with Crippen LogP contribution >= 0.6 is 15.6 Å². The third kappa shape index (κ3) is 73.3. The minimum Gasteiger partial charge on any atom is -0.462 e. The first-order valence-electron chi connectivity index (χ1n) is 39.1. The van der Waals surface area contributed by atoms with E-state index in [1.54, 1.807) is 0 Å². The highest BCUT2D eigenvalue weighted by molar-refractivity contribution is 7.47. The minimum absolute atomic E-state index is 0.0305. The molecule has 0 aromatic carbocycles. The van der Waals surface area contributed by atoms with Crippen molar-refractivity contribution in [1.29, 1.82) is 0 Å². The largest absolute Gasteiger partial charge is 0.472 e. The quantitative estimate of drug-likeness (QED) is 0.0169. The van der Waals surface area contributed by atoms with Gasteiger partial charge in [-0.05, 0) is 128 Å². The molecule has 0 aliphatic rings. The Morgan fingerprint density at radius 1 is 0.284 bits per heavy atom. The molecule has 0 spiro atoms. The van der Waals surface area contributed by atoms with Gasteiger partial charge in [0.05, 0.1) is 26.4 Å². The van der Waals surface area contributed by atoms with Gasteiger partial charge in [-0.25, -0.2) is 9.13 Å². The number of phosphoric ester groups is 2. The summed E-state index contributed by atoms with van der Waals surface area (Å²) in [5.74, 6) is -2.35. The van der Waals surface area contributed by atoms with E-state index < -0.39 is 97.5 Å². The van der Waals surface area contributed by atoms with Crippen LogP contribution in [-0.4, -0.2) is 96.7 Å². The second-order valence-corrected chi connectivity index (χ2v) is 28.4. The molecule has 5 atom stereocenters. The Morgan fingerprint density at radius 3 is 0.892 bits per heavy atom. The average molecular weight is 1470 g/mol. The number of hydrogen-bond donors (Lipinski definition) is 3. The van der Waals surface area contributed by atoms with Gasteiger partial charge < -0.3 is 33.8 Å². The van der Waals surface area contributed by atoms with Gasteiger partial charge in [0.25, 0.3) is 0 Å². The first-order chi connectivity index (χ1) is 49.7. The Morgan fingerprint density at radius 2 is 0.539 bits per heavy atom. The number of carbonyl (C=O) groups is 4. The van der Waals surface area contributed by atoms with E-state index in [4.69, 9.17) is 37.0 Å². The zero-order valence-electron chi connectivity index (χ0n) is 63.5. The highest BCUT2D eigenvalue weighted by Gasteiger charge is 2.30. The maximum absolute atomic E-state index is 13.1. The molecule has 17 nitrogen and oxygen atoms in total. The van der Waals surface area contributed by atoms with E-state index in [0.29, 0.717) is 38.5 Å². The lowest BCUT2D eigenvalue weighted by Crippen LogP contribution is -2.30. The molecule has 0 fully saturated rings. The van der Waals surface area contributed by atoms with Crippen LogP contribution in [0.5, 0.6) is 0 Å². The third-order valence-corrected chi connectivity index (χ3v) is 17.7. The summed E-state index contributed by atoms with van der Waals surface area (Å²) < 4.78 is 68.4. The molecule has 19 heteroatoms. The SMILES string of the molecule is CC/C=C\C/C=C\C/C=C\C/C=C\C/C=C\C/C=C\CCC(=O)OCC(COP(=O)(O)OCC(O)COP(=O)(O)OCC(COC(=O)CCC/C=C\C/C=C\C/C=C\C/C=C\C/C=C\CC)OC(=O)CCCCCCCCCCCCCCC)OC(=O)CCCCCCC/C=C\CCCCCC. The summed E-state index contributed by atoms with van der Waals surface area (Å²) in [5, 5.41) is 10.6. The van der Waals surface area contributed by atoms with Crippen LogP contribution in [0.3, 0.4) is 0 Å². The lowest BCUT2D eigenvalue weighted by Gasteiger charge is -2.21. The van der Waals surface area contributed by atoms with Crippen molar-refractivity contribution >= 4 is 39.5 Å². The fourth-order valence-electron chi connectivity index (χ4n) is 9.92. The standard InChI is InChI=1S/C83H138O17P2/c1-5-9-13-17-21-25-29-33-35-37-38-40-42-46-48-52-56-60-64-68-81(86)94-74-79(100-83(88)70-66-62-58-54-50-44-32-28-24-20-16-12-8-4)76-98-102(91,92)96-72-77(84)71-95-101(89,90)97-75-78(99-82(87)69-65-61-57-53-49-43-31-27-23-19-15-11-7-3)73-93-80(85)67-63-59-55-51-47-45-41-39-36-34-30-26-22-18-14-10-6-2/h9-10,13-14,21-22,25-26,28,32-36,38,40-41,45-46,48,51,55-56,60,77-79,84H,5-8,11-12,15-20,23-24,27,29-31,37,39,42-44,47,49-50,52-54,57-59,61-76H2,1-4H3,(H,89,90)(H,91,92)/b13-9-,14-10-,25-21-,26-22-,32-28-,35-33-,36-34-,40-38-,45-41-,48-46-,55-51-,60-56-. The van der Waals surface area contributed by atoms with Gasteiger partial charge in [-0.15, -0.1) is 0 Å². The summed E-state index contributed by atoms with van der Waals surface area (Å²) in [7, 11) is -9.99. The molecule has 102 heavy (non-hydrogen) atoms. The van der Waals surface area contributed by atoms with E-state index in [1.807, 2.05) is 30.4 Å². The van der Waals surface area contributed by atoms with Crippen molar-refractivity contribution in [2.75, 3.05) is 39.6 Å². The molecule has 0 aliphatic heterocycles. The van der Waals surface area contributed by atoms with Crippen molar-refractivity contribution in [2.45, 2.75) is 316 Å². The van der Waals surface area contributed by atoms with Gasteiger partial charge >= 0.3 is 39.5 Å². The van der Waals surface area contributed by atoms with Crippen LogP contribution in [0, 0.1) is 0 Å². The van der Waals surface area contributed by atoms with Gasteiger partial charge in [0.2, 0.25) is 0 Å². The number of hydrogen-bond acceptors (Lipinski definition) is 15. The van der Waals surface area contributed by atoms with E-state index in [1.165, 1.54) is 77.0 Å². The van der Waals surface area contributed by atoms with Crippen LogP contribution in [0.15, 0.2) is 146 Å². The van der Waals surface area contributed by atoms with Gasteiger partial charge in [-0.3, -0.25) is 37.3 Å². The molecule has 0 radical (unpaired) electrons. The Labute approximate surface area is 617 Å². The molecule has 0 rings (SSSR count). The Kier molecular flexibility index (Phi) is 70.5. The number of unbranched alkanes of at least 4 members (excludes halogenated alkanes) is 22. The average Bonchev–Trinajstić information content (AvgIpc) is 0.909. The number of esters is 4. The molecular formula is C83H138O17P2. The lowest BCUT2D eigenvalue weighted by atomic mass is 10.0. The summed E-state index contributed by atoms with van der Waals surface area (Å²) in [6.07, 6.45) is 84.3. The molecule has 582 valence electrons. The number of rotatable bonds is 72. The van der Waals surface area contributed by atoms with Crippen LogP contribution in [0.4, 0.5) is 0 Å². The van der Waals surface area contributed by atoms with Gasteiger partial charge in [0.15, 0.2) is 12.2 Å². The zero-order chi connectivity index (χ0) is 74.6. The summed E-state index contributed by atoms with van der Waals surface area (Å²) in [5.41, 5.74) is 0. The number of carbonyl (C=O) groups excluding carboxylic acids is 4. The van der Waals surface area contributed by atoms with Crippen molar-refractivity contribution in [3.63, 3.8) is 0 Å². The third-order valence-electron chi connectivity index (χ3n) is 15.8. The molecule has 5 unspecified atom stereocenters. The number of ether oxygens (including phenoxy) is 4. The number of aliphatic hydroxyl groups is 1. The van der Waals surface area contributed by atoms with Gasteiger partial charge in [-0.2, -0.15) is 0 Å². The normalized spacial score (nSPS) is 14.7. The van der Waals surface area contributed by atoms with Crippen molar-refractivity contribution < 1.29 is 80.2 Å². The van der Waals surface area contributed by atoms with Crippen LogP contribution in [0.1, 0.15) is 297 Å². The number of aliphatic hydroxyl groups excluding tert-OH is 1. The van der Waals surface area contributed by atoms with E-state index in [-0.39, 0.29) is 25.7 Å². The maximum atomic E-state index is 13.1. The van der Waals surface area contributed by atoms with E-state index >= 15 is 0 Å². The Bertz CT molecular complexity index is 2510. The molecule has 0 aromatic heterocycles. The van der Waals surface area contributed by atoms with Crippen LogP contribution in [0.25, 0.3) is 0 Å². The summed E-state index contributed by atoms with van der Waals surface area (Å²) in [6, 6.07) is 0. The smallest absolute Gasteiger partial charge is 0.462 e. The molecule has 0 saturated carbocycles. The number of allylic oxidation sites excluding steroid dienone is 24. The fraction of sp³-hybridized carbons (Fsp3) is 0.663. The first kappa shape index (κ1) is 96.9. The van der Waals surface area contributed by atoms with Crippen molar-refractivity contribution in [3.05, 3.63) is 146 Å². The topological polar surface area (TPSA) is 237 Å². The minimum atomic E-state index is -5.00. The molecule has 0 saturated heterocycles. The molecule has 0 amide bonds. The summed E-state index contributed by atoms with van der Waals surface area (Å²) in [6.45, 7) is 4.47. The fourth-order valence-corrected chi connectivity index (χ4v) is 11.5. The Balaban J connectivity index is 5.45. The highest BCUT2D eigenvalue weighted by Crippen LogP contribution is 2.45.